The van der Waals surface area contributed by atoms with E-state index in [1.54, 1.807) is 25.4 Å². The van der Waals surface area contributed by atoms with Gasteiger partial charge in [0.25, 0.3) is 11.8 Å². The number of anilines is 1. The summed E-state index contributed by atoms with van der Waals surface area (Å²) in [6, 6.07) is 12.9. The summed E-state index contributed by atoms with van der Waals surface area (Å²) in [5.41, 5.74) is 6.94. The largest absolute Gasteiger partial charge is 0.366 e. The number of hydrogen-bond donors (Lipinski definition) is 2. The highest BCUT2D eigenvalue weighted by molar-refractivity contribution is 7.20. The van der Waals surface area contributed by atoms with Gasteiger partial charge in [0.15, 0.2) is 5.69 Å². The molecule has 3 rings (SSSR count). The lowest BCUT2D eigenvalue weighted by Gasteiger charge is -2.01. The summed E-state index contributed by atoms with van der Waals surface area (Å²) in [6.45, 7) is 0. The van der Waals surface area contributed by atoms with E-state index in [2.05, 4.69) is 10.4 Å². The predicted octanol–water partition coefficient (Wildman–Crippen LogP) is 2.50. The number of nitrogens with zero attached hydrogens (tertiary/aromatic N) is 2. The first-order valence-electron chi connectivity index (χ1n) is 6.84. The Morgan fingerprint density at radius 2 is 1.96 bits per heavy atom. The summed E-state index contributed by atoms with van der Waals surface area (Å²) in [4.78, 5) is 24.7. The summed E-state index contributed by atoms with van der Waals surface area (Å²) in [5.74, 6) is -0.964. The number of primary amides is 1. The molecule has 0 radical (unpaired) electrons. The van der Waals surface area contributed by atoms with Gasteiger partial charge in [-0.2, -0.15) is 5.10 Å². The van der Waals surface area contributed by atoms with Crippen LogP contribution < -0.4 is 11.1 Å². The van der Waals surface area contributed by atoms with Crippen LogP contribution in [0.2, 0.25) is 0 Å². The van der Waals surface area contributed by atoms with Gasteiger partial charge in [0, 0.05) is 18.1 Å². The number of nitrogens with two attached hydrogens (primary N) is 1. The molecule has 2 aromatic heterocycles. The third-order valence-electron chi connectivity index (χ3n) is 3.23. The molecule has 0 saturated carbocycles. The van der Waals surface area contributed by atoms with Crippen molar-refractivity contribution in [1.29, 1.82) is 0 Å². The van der Waals surface area contributed by atoms with Crippen molar-refractivity contribution < 1.29 is 9.59 Å². The maximum atomic E-state index is 12.2. The van der Waals surface area contributed by atoms with Crippen LogP contribution in [0.1, 0.15) is 20.8 Å². The van der Waals surface area contributed by atoms with E-state index in [9.17, 15) is 9.59 Å². The second-order valence-electron chi connectivity index (χ2n) is 4.91. The third kappa shape index (κ3) is 3.14. The second kappa shape index (κ2) is 6.05. The summed E-state index contributed by atoms with van der Waals surface area (Å²) >= 11 is 1.30. The highest BCUT2D eigenvalue weighted by Crippen LogP contribution is 2.35. The van der Waals surface area contributed by atoms with Crippen LogP contribution in [0, 0.1) is 0 Å². The van der Waals surface area contributed by atoms with Gasteiger partial charge in [0.2, 0.25) is 0 Å². The average molecular weight is 326 g/mol. The van der Waals surface area contributed by atoms with Crippen LogP contribution in [0.4, 0.5) is 5.00 Å². The molecule has 3 aromatic rings. The molecular weight excluding hydrogens is 312 g/mol. The molecule has 6 nitrogen and oxygen atoms in total. The number of rotatable bonds is 4. The molecule has 0 saturated heterocycles. The maximum Gasteiger partial charge on any atom is 0.276 e. The van der Waals surface area contributed by atoms with Crippen LogP contribution in [-0.4, -0.2) is 21.6 Å². The second-order valence-corrected chi connectivity index (χ2v) is 5.96. The lowest BCUT2D eigenvalue weighted by atomic mass is 10.1. The smallest absolute Gasteiger partial charge is 0.276 e. The van der Waals surface area contributed by atoms with Gasteiger partial charge in [-0.1, -0.05) is 30.3 Å². The molecule has 0 bridgehead atoms. The Hall–Kier alpha value is -2.93. The number of carbonyl (C=O) groups excluding carboxylic acids is 2. The highest BCUT2D eigenvalue weighted by atomic mass is 32.1. The van der Waals surface area contributed by atoms with Gasteiger partial charge in [-0.15, -0.1) is 11.3 Å². The Labute approximate surface area is 136 Å². The molecule has 0 aliphatic rings. The van der Waals surface area contributed by atoms with Crippen molar-refractivity contribution >= 4 is 28.2 Å². The zero-order valence-corrected chi connectivity index (χ0v) is 13.1. The number of hydrogen-bond acceptors (Lipinski definition) is 4. The Morgan fingerprint density at radius 1 is 1.22 bits per heavy atom. The fourth-order valence-corrected chi connectivity index (χ4v) is 3.18. The quantitative estimate of drug-likeness (QED) is 0.772. The Bertz CT molecular complexity index is 867. The number of aryl methyl sites for hydroxylation is 1. The molecule has 1 aromatic carbocycles. The van der Waals surface area contributed by atoms with Crippen LogP contribution in [0.25, 0.3) is 10.4 Å². The lowest BCUT2D eigenvalue weighted by molar-refractivity contribution is 0.100. The predicted molar refractivity (Wildman–Crippen MR) is 89.4 cm³/mol. The van der Waals surface area contributed by atoms with E-state index in [0.717, 1.165) is 10.4 Å². The summed E-state index contributed by atoms with van der Waals surface area (Å²) < 4.78 is 1.54. The Kier molecular flexibility index (Phi) is 3.94. The molecule has 0 aliphatic heterocycles. The summed E-state index contributed by atoms with van der Waals surface area (Å²) in [7, 11) is 1.73. The number of benzene rings is 1. The molecule has 0 spiro atoms. The van der Waals surface area contributed by atoms with E-state index < -0.39 is 5.91 Å². The van der Waals surface area contributed by atoms with Gasteiger partial charge in [-0.05, 0) is 17.7 Å². The Morgan fingerprint density at radius 3 is 2.57 bits per heavy atom. The van der Waals surface area contributed by atoms with Crippen LogP contribution in [0.15, 0.2) is 48.7 Å². The van der Waals surface area contributed by atoms with Crippen molar-refractivity contribution in [3.8, 4) is 10.4 Å². The molecule has 3 N–H and O–H groups in total. The standard InChI is InChI=1S/C16H14N4O2S/c1-20-8-7-12(19-20)15(22)18-16-11(14(17)21)9-13(23-16)10-5-3-2-4-6-10/h2-9H,1H3,(H2,17,21)(H,18,22). The van der Waals surface area contributed by atoms with Gasteiger partial charge in [0.1, 0.15) is 5.00 Å². The maximum absolute atomic E-state index is 12.2. The van der Waals surface area contributed by atoms with Crippen LogP contribution in [0.5, 0.6) is 0 Å². The van der Waals surface area contributed by atoms with Crippen molar-refractivity contribution in [2.75, 3.05) is 5.32 Å². The van der Waals surface area contributed by atoms with Crippen molar-refractivity contribution in [1.82, 2.24) is 9.78 Å². The summed E-state index contributed by atoms with van der Waals surface area (Å²) in [6.07, 6.45) is 1.67. The Balaban J connectivity index is 1.93. The molecule has 0 unspecified atom stereocenters. The van der Waals surface area contributed by atoms with Crippen LogP contribution in [0.3, 0.4) is 0 Å². The van der Waals surface area contributed by atoms with Gasteiger partial charge in [-0.3, -0.25) is 14.3 Å². The molecular formula is C16H14N4O2S. The van der Waals surface area contributed by atoms with E-state index in [-0.39, 0.29) is 17.2 Å². The normalized spacial score (nSPS) is 10.5. The molecule has 0 aliphatic carbocycles. The molecule has 7 heteroatoms. The first-order valence-corrected chi connectivity index (χ1v) is 7.66. The fraction of sp³-hybridized carbons (Fsp3) is 0.0625. The van der Waals surface area contributed by atoms with Crippen molar-refractivity contribution in [2.45, 2.75) is 0 Å². The first-order chi connectivity index (χ1) is 11.0. The first kappa shape index (κ1) is 15.0. The molecule has 0 atom stereocenters. The number of thiophene rings is 1. The number of nitrogens with one attached hydrogen (secondary N) is 1. The molecule has 2 amide bonds. The minimum atomic E-state index is -0.584. The molecule has 2 heterocycles. The van der Waals surface area contributed by atoms with Crippen molar-refractivity contribution in [2.24, 2.45) is 12.8 Å². The fourth-order valence-electron chi connectivity index (χ4n) is 2.11. The third-order valence-corrected chi connectivity index (χ3v) is 4.33. The van der Waals surface area contributed by atoms with E-state index in [4.69, 9.17) is 5.73 Å². The van der Waals surface area contributed by atoms with Gasteiger partial charge in [0.05, 0.1) is 5.56 Å². The van der Waals surface area contributed by atoms with Gasteiger partial charge in [-0.25, -0.2) is 0 Å². The van der Waals surface area contributed by atoms with E-state index >= 15 is 0 Å². The van der Waals surface area contributed by atoms with Gasteiger partial charge >= 0.3 is 0 Å². The SMILES string of the molecule is Cn1ccc(C(=O)Nc2sc(-c3ccccc3)cc2C(N)=O)n1. The van der Waals surface area contributed by atoms with Crippen LogP contribution >= 0.6 is 11.3 Å². The van der Waals surface area contributed by atoms with Crippen molar-refractivity contribution in [3.63, 3.8) is 0 Å². The molecule has 116 valence electrons. The monoisotopic (exact) mass is 326 g/mol. The van der Waals surface area contributed by atoms with E-state index in [0.29, 0.717) is 5.00 Å². The average Bonchev–Trinajstić information content (AvgIpc) is 3.15. The molecule has 23 heavy (non-hydrogen) atoms. The number of amides is 2. The zero-order chi connectivity index (χ0) is 16.4. The zero-order valence-electron chi connectivity index (χ0n) is 12.3. The topological polar surface area (TPSA) is 90.0 Å². The van der Waals surface area contributed by atoms with E-state index in [1.165, 1.54) is 16.0 Å². The number of carbonyl (C=O) groups is 2. The van der Waals surface area contributed by atoms with Crippen LogP contribution in [-0.2, 0) is 7.05 Å². The highest BCUT2D eigenvalue weighted by Gasteiger charge is 2.18. The summed E-state index contributed by atoms with van der Waals surface area (Å²) in [5, 5.41) is 7.18. The minimum absolute atomic E-state index is 0.276. The lowest BCUT2D eigenvalue weighted by Crippen LogP contribution is -2.17. The number of aromatic nitrogens is 2. The minimum Gasteiger partial charge on any atom is -0.366 e. The van der Waals surface area contributed by atoms with E-state index in [1.807, 2.05) is 30.3 Å². The molecule has 0 fully saturated rings. The van der Waals surface area contributed by atoms with Crippen molar-refractivity contribution in [3.05, 3.63) is 59.9 Å². The van der Waals surface area contributed by atoms with Gasteiger partial charge < -0.3 is 11.1 Å².